The summed E-state index contributed by atoms with van der Waals surface area (Å²) in [6.45, 7) is 0.440. The van der Waals surface area contributed by atoms with Gasteiger partial charge in [0.05, 0.1) is 59.1 Å². The van der Waals surface area contributed by atoms with Crippen molar-refractivity contribution in [3.8, 4) is 28.9 Å². The molecule has 1 aliphatic carbocycles. The van der Waals surface area contributed by atoms with Gasteiger partial charge in [0.2, 0.25) is 0 Å². The van der Waals surface area contributed by atoms with Crippen LogP contribution in [-0.2, 0) is 13.0 Å². The summed E-state index contributed by atoms with van der Waals surface area (Å²) < 4.78 is 98.1. The maximum atomic E-state index is 13.1. The monoisotopic (exact) mass is 610 g/mol. The lowest BCUT2D eigenvalue weighted by Gasteiger charge is -2.28. The zero-order valence-corrected chi connectivity index (χ0v) is 23.3. The molecule has 10 nitrogen and oxygen atoms in total. The van der Waals surface area contributed by atoms with E-state index >= 15 is 0 Å². The number of halogens is 3. The summed E-state index contributed by atoms with van der Waals surface area (Å²) in [7, 11) is -2.68. The largest absolute Gasteiger partial charge is 0.491 e. The Morgan fingerprint density at radius 1 is 1.10 bits per heavy atom. The van der Waals surface area contributed by atoms with Gasteiger partial charge in [0.15, 0.2) is 5.75 Å². The molecule has 3 atom stereocenters. The van der Waals surface area contributed by atoms with E-state index in [0.717, 1.165) is 16.9 Å². The highest BCUT2D eigenvalue weighted by Crippen LogP contribution is 2.37. The molecule has 224 valence electrons. The first-order chi connectivity index (χ1) is 22.4. The van der Waals surface area contributed by atoms with Crippen LogP contribution in [0, 0.1) is 0 Å². The van der Waals surface area contributed by atoms with Crippen LogP contribution in [0.3, 0.4) is 0 Å². The van der Waals surface area contributed by atoms with Crippen LogP contribution in [-0.4, -0.2) is 77.9 Å². The molecule has 1 aromatic carbocycles. The summed E-state index contributed by atoms with van der Waals surface area (Å²) in [6.07, 6.45) is -5.26. The van der Waals surface area contributed by atoms with E-state index in [4.69, 9.17) is 22.4 Å². The van der Waals surface area contributed by atoms with Crippen LogP contribution in [0.4, 0.5) is 19.0 Å². The second kappa shape index (κ2) is 12.2. The molecule has 5 rings (SSSR count). The third-order valence-corrected chi connectivity index (χ3v) is 8.10. The van der Waals surface area contributed by atoms with Crippen LogP contribution in [0.1, 0.15) is 31.5 Å². The molecule has 3 heterocycles. The van der Waals surface area contributed by atoms with Crippen molar-refractivity contribution in [1.29, 1.82) is 0 Å². The smallest absolute Gasteiger partial charge is 0.393 e. The van der Waals surface area contributed by atoms with Crippen LogP contribution < -0.4 is 24.4 Å². The zero-order valence-electron chi connectivity index (χ0n) is 28.5. The Morgan fingerprint density at radius 3 is 2.60 bits per heavy atom. The van der Waals surface area contributed by atoms with E-state index in [1.807, 2.05) is 12.1 Å². The number of aliphatic hydroxyl groups is 1. The molecule has 0 aliphatic heterocycles. The number of thiophene rings is 1. The standard InChI is InChI=1S/C28H31F3N6O4S/c1-37(24-19-11-18(13-28(29,30)31)42-26(19)34-27(33-24)41-4)21-9-17(10-22(21)38)32-14-15-5-7-16(8-6-15)20-12-23(39-2)25(40-3)36-35-20/h5-8,11-12,17,21-22,32,38H,9-10,13-14H2,1-4H3/t17-,21+,22-/m1/s1/i2D3,3D3. The molecule has 2 N–H and O–H groups in total. The number of likely N-dealkylation sites (N-methyl/N-ethyl adjacent to an activating group) is 1. The lowest BCUT2D eigenvalue weighted by molar-refractivity contribution is -0.126. The van der Waals surface area contributed by atoms with Gasteiger partial charge >= 0.3 is 12.2 Å². The Labute approximate surface area is 252 Å². The normalized spacial score (nSPS) is 21.5. The predicted molar refractivity (Wildman–Crippen MR) is 152 cm³/mol. The van der Waals surface area contributed by atoms with Gasteiger partial charge in [0.1, 0.15) is 10.6 Å². The van der Waals surface area contributed by atoms with E-state index in [2.05, 4.69) is 25.5 Å². The first kappa shape index (κ1) is 22.8. The van der Waals surface area contributed by atoms with E-state index in [9.17, 15) is 18.3 Å². The first-order valence-corrected chi connectivity index (χ1v) is 13.6. The molecule has 1 fully saturated rings. The van der Waals surface area contributed by atoms with Gasteiger partial charge in [-0.3, -0.25) is 0 Å². The molecule has 0 bridgehead atoms. The van der Waals surface area contributed by atoms with Crippen molar-refractivity contribution in [3.05, 3.63) is 46.8 Å². The topological polar surface area (TPSA) is 115 Å². The van der Waals surface area contributed by atoms with Gasteiger partial charge in [-0.1, -0.05) is 24.3 Å². The van der Waals surface area contributed by atoms with E-state index in [0.29, 0.717) is 41.0 Å². The molecule has 14 heteroatoms. The van der Waals surface area contributed by atoms with E-state index in [1.165, 1.54) is 19.2 Å². The van der Waals surface area contributed by atoms with E-state index < -0.39 is 44.4 Å². The maximum Gasteiger partial charge on any atom is 0.393 e. The van der Waals surface area contributed by atoms with Crippen molar-refractivity contribution in [2.24, 2.45) is 0 Å². The van der Waals surface area contributed by atoms with Crippen molar-refractivity contribution in [2.45, 2.75) is 50.2 Å². The average Bonchev–Trinajstić information content (AvgIpc) is 3.55. The summed E-state index contributed by atoms with van der Waals surface area (Å²) in [5, 5.41) is 22.5. The Hall–Kier alpha value is -3.75. The molecular weight excluding hydrogens is 573 g/mol. The van der Waals surface area contributed by atoms with Gasteiger partial charge in [-0.15, -0.1) is 21.5 Å². The summed E-state index contributed by atoms with van der Waals surface area (Å²) in [5.74, 6) is -0.610. The maximum absolute atomic E-state index is 13.1. The minimum Gasteiger partial charge on any atom is -0.491 e. The Bertz CT molecular complexity index is 1740. The van der Waals surface area contributed by atoms with Gasteiger partial charge in [-0.25, -0.2) is 0 Å². The second-order valence-electron chi connectivity index (χ2n) is 9.85. The van der Waals surface area contributed by atoms with Gasteiger partial charge in [-0.2, -0.15) is 23.1 Å². The van der Waals surface area contributed by atoms with Crippen molar-refractivity contribution >= 4 is 27.4 Å². The molecule has 1 aliphatic rings. The van der Waals surface area contributed by atoms with Crippen molar-refractivity contribution < 1.29 is 40.7 Å². The highest BCUT2D eigenvalue weighted by Gasteiger charge is 2.37. The number of ether oxygens (including phenoxy) is 3. The lowest BCUT2D eigenvalue weighted by atomic mass is 10.1. The number of hydrogen-bond donors (Lipinski definition) is 2. The van der Waals surface area contributed by atoms with Crippen LogP contribution in [0.2, 0.25) is 0 Å². The Kier molecular flexibility index (Phi) is 6.64. The number of nitrogens with zero attached hydrogens (tertiary/aromatic N) is 5. The number of benzene rings is 1. The molecule has 3 aromatic heterocycles. The number of aromatic nitrogens is 4. The van der Waals surface area contributed by atoms with E-state index in [1.54, 1.807) is 24.1 Å². The highest BCUT2D eigenvalue weighted by atomic mass is 32.1. The molecule has 0 saturated heterocycles. The average molecular weight is 611 g/mol. The number of hydrogen-bond acceptors (Lipinski definition) is 11. The third kappa shape index (κ3) is 6.50. The molecule has 0 radical (unpaired) electrons. The zero-order chi connectivity index (χ0) is 35.0. The van der Waals surface area contributed by atoms with E-state index in [-0.39, 0.29) is 28.7 Å². The third-order valence-electron chi connectivity index (χ3n) is 7.07. The Morgan fingerprint density at radius 2 is 1.88 bits per heavy atom. The van der Waals surface area contributed by atoms with Gasteiger partial charge in [0.25, 0.3) is 5.88 Å². The minimum absolute atomic E-state index is 0.0160. The fraction of sp³-hybridized carbons (Fsp3) is 0.429. The SMILES string of the molecule is [2H]C([2H])([2H])Oc1cc(-c2ccc(CN[C@H]3C[C@@H](O)[C@@H](N(C)c4nc(OC)nc5sc(CC(F)(F)F)cc45)C3)cc2)nnc1OC([2H])([2H])[2H]. The van der Waals surface area contributed by atoms with Crippen LogP contribution in [0.25, 0.3) is 21.5 Å². The number of fused-ring (bicyclic) bond motifs is 1. The van der Waals surface area contributed by atoms with Crippen LogP contribution in [0.5, 0.6) is 17.6 Å². The van der Waals surface area contributed by atoms with Gasteiger partial charge in [-0.05, 0) is 24.5 Å². The minimum atomic E-state index is -4.37. The Balaban J connectivity index is 1.25. The fourth-order valence-electron chi connectivity index (χ4n) is 5.02. The lowest BCUT2D eigenvalue weighted by Crippen LogP contribution is -2.38. The van der Waals surface area contributed by atoms with Crippen molar-refractivity contribution in [2.75, 3.05) is 33.1 Å². The van der Waals surface area contributed by atoms with Crippen LogP contribution in [0.15, 0.2) is 36.4 Å². The number of alkyl halides is 3. The number of rotatable bonds is 10. The summed E-state index contributed by atoms with van der Waals surface area (Å²) in [6, 6.07) is 9.29. The molecule has 0 amide bonds. The molecule has 4 aromatic rings. The highest BCUT2D eigenvalue weighted by molar-refractivity contribution is 7.18. The van der Waals surface area contributed by atoms with Gasteiger partial charge in [0, 0.05) is 36.1 Å². The summed E-state index contributed by atoms with van der Waals surface area (Å²) in [5.41, 5.74) is 1.67. The van der Waals surface area contributed by atoms with Crippen molar-refractivity contribution in [3.63, 3.8) is 0 Å². The quantitative estimate of drug-likeness (QED) is 0.268. The van der Waals surface area contributed by atoms with Crippen LogP contribution >= 0.6 is 11.3 Å². The fourth-order valence-corrected chi connectivity index (χ4v) is 6.06. The number of nitrogens with one attached hydrogen (secondary N) is 1. The second-order valence-corrected chi connectivity index (χ2v) is 11.0. The van der Waals surface area contributed by atoms with Gasteiger partial charge < -0.3 is 29.5 Å². The molecule has 1 saturated carbocycles. The number of aliphatic hydroxyl groups excluding tert-OH is 1. The number of methoxy groups -OCH3 is 3. The summed E-state index contributed by atoms with van der Waals surface area (Å²) in [4.78, 5) is 10.9. The number of anilines is 1. The predicted octanol–water partition coefficient (Wildman–Crippen LogP) is 4.40. The molecular formula is C28H31F3N6O4S. The summed E-state index contributed by atoms with van der Waals surface area (Å²) >= 11 is 0.925. The molecule has 42 heavy (non-hydrogen) atoms. The first-order valence-electron chi connectivity index (χ1n) is 15.8. The molecule has 0 spiro atoms. The van der Waals surface area contributed by atoms with Crippen molar-refractivity contribution in [1.82, 2.24) is 25.5 Å². The molecule has 0 unspecified atom stereocenters.